The van der Waals surface area contributed by atoms with Gasteiger partial charge in [0.15, 0.2) is 17.2 Å². The summed E-state index contributed by atoms with van der Waals surface area (Å²) < 4.78 is 12.3. The molecule has 256 valence electrons. The van der Waals surface area contributed by atoms with Gasteiger partial charge in [0.2, 0.25) is 0 Å². The third-order valence-electron chi connectivity index (χ3n) is 11.4. The van der Waals surface area contributed by atoms with E-state index in [-0.39, 0.29) is 49.2 Å². The van der Waals surface area contributed by atoms with E-state index in [0.717, 1.165) is 89.4 Å². The van der Waals surface area contributed by atoms with E-state index in [1.807, 2.05) is 6.92 Å². The maximum absolute atomic E-state index is 14.6. The number of aliphatic hydroxyl groups excluding tert-OH is 1. The summed E-state index contributed by atoms with van der Waals surface area (Å²) >= 11 is 0. The van der Waals surface area contributed by atoms with Crippen LogP contribution >= 0.6 is 0 Å². The Kier molecular flexibility index (Phi) is 12.8. The van der Waals surface area contributed by atoms with Gasteiger partial charge in [-0.05, 0) is 82.1 Å². The van der Waals surface area contributed by atoms with Crippen molar-refractivity contribution >= 4 is 17.5 Å². The van der Waals surface area contributed by atoms with Gasteiger partial charge in [0.05, 0.1) is 32.8 Å². The Balaban J connectivity index is 1.61. The van der Waals surface area contributed by atoms with Crippen LogP contribution in [0.4, 0.5) is 0 Å². The largest absolute Gasteiger partial charge is 0.463 e. The third kappa shape index (κ3) is 7.75. The summed E-state index contributed by atoms with van der Waals surface area (Å²) in [6, 6.07) is 0. The van der Waals surface area contributed by atoms with Crippen molar-refractivity contribution in [3.8, 4) is 0 Å². The molecule has 8 atom stereocenters. The highest BCUT2D eigenvalue weighted by Crippen LogP contribution is 2.63. The van der Waals surface area contributed by atoms with Crippen molar-refractivity contribution in [1.29, 1.82) is 0 Å². The van der Waals surface area contributed by atoms with Gasteiger partial charge in [-0.2, -0.15) is 0 Å². The molecule has 45 heavy (non-hydrogen) atoms. The summed E-state index contributed by atoms with van der Waals surface area (Å²) in [5.74, 6) is -0.930. The molecule has 4 fully saturated rings. The van der Waals surface area contributed by atoms with Gasteiger partial charge in [-0.15, -0.1) is 0 Å². The van der Waals surface area contributed by atoms with Crippen LogP contribution in [0.1, 0.15) is 112 Å². The SMILES string of the molecule is CCCC[C@H](C[NH2+]CC)COC(=O)[C@]12O[C@@]1(CC(CO)=C(C)CCC1CC[NH2+]C(N)C1)C(=O)C1CCCC(CC(C)C)C1C2=O. The first-order chi connectivity index (χ1) is 21.5. The van der Waals surface area contributed by atoms with E-state index in [1.54, 1.807) is 0 Å². The van der Waals surface area contributed by atoms with E-state index in [0.29, 0.717) is 23.8 Å². The van der Waals surface area contributed by atoms with Crippen LogP contribution in [0.25, 0.3) is 0 Å². The number of nitrogens with two attached hydrogens (primary N) is 3. The Morgan fingerprint density at radius 2 is 1.98 bits per heavy atom. The fourth-order valence-corrected chi connectivity index (χ4v) is 8.75. The van der Waals surface area contributed by atoms with Crippen LogP contribution in [0, 0.1) is 35.5 Å². The highest BCUT2D eigenvalue weighted by Gasteiger charge is 2.87. The summed E-state index contributed by atoms with van der Waals surface area (Å²) in [7, 11) is 0. The fourth-order valence-electron chi connectivity index (χ4n) is 8.75. The monoisotopic (exact) mass is 633 g/mol. The summed E-state index contributed by atoms with van der Waals surface area (Å²) in [5, 5.41) is 15.0. The molecule has 0 aromatic heterocycles. The van der Waals surface area contributed by atoms with Gasteiger partial charge in [0, 0.05) is 30.6 Å². The van der Waals surface area contributed by atoms with Crippen LogP contribution in [-0.2, 0) is 23.9 Å². The quantitative estimate of drug-likeness (QED) is 0.0831. The van der Waals surface area contributed by atoms with Gasteiger partial charge in [-0.25, -0.2) is 4.79 Å². The average Bonchev–Trinajstić information content (AvgIpc) is 3.72. The molecule has 4 rings (SSSR count). The molecule has 2 saturated heterocycles. The number of hydrogen-bond donors (Lipinski definition) is 4. The van der Waals surface area contributed by atoms with E-state index in [2.05, 4.69) is 38.3 Å². The number of allylic oxidation sites excluding steroid dienone is 1. The summed E-state index contributed by atoms with van der Waals surface area (Å²) in [6.07, 6.45) is 10.3. The fraction of sp³-hybridized carbons (Fsp3) is 0.861. The minimum absolute atomic E-state index is 0.0530. The van der Waals surface area contributed by atoms with Crippen molar-refractivity contribution in [3.63, 3.8) is 0 Å². The highest BCUT2D eigenvalue weighted by molar-refractivity contribution is 6.23. The van der Waals surface area contributed by atoms with Crippen molar-refractivity contribution in [2.45, 2.75) is 129 Å². The van der Waals surface area contributed by atoms with Gasteiger partial charge in [0.25, 0.3) is 5.60 Å². The molecule has 0 amide bonds. The molecule has 0 bridgehead atoms. The maximum atomic E-state index is 14.6. The van der Waals surface area contributed by atoms with Crippen molar-refractivity contribution in [1.82, 2.24) is 0 Å². The number of epoxide rings is 1. The Bertz CT molecular complexity index is 1070. The number of rotatable bonds is 17. The van der Waals surface area contributed by atoms with Crippen molar-refractivity contribution in [2.75, 3.05) is 32.8 Å². The first kappa shape index (κ1) is 36.2. The molecule has 2 heterocycles. The Hall–Kier alpha value is -1.65. The van der Waals surface area contributed by atoms with Gasteiger partial charge < -0.3 is 25.2 Å². The van der Waals surface area contributed by atoms with Crippen molar-refractivity contribution < 1.29 is 39.6 Å². The van der Waals surface area contributed by atoms with Crippen LogP contribution in [0.2, 0.25) is 0 Å². The minimum Gasteiger partial charge on any atom is -0.463 e. The molecule has 4 aliphatic rings. The lowest BCUT2D eigenvalue weighted by molar-refractivity contribution is -0.699. The lowest BCUT2D eigenvalue weighted by Gasteiger charge is -2.42. The van der Waals surface area contributed by atoms with Crippen LogP contribution in [0.15, 0.2) is 11.1 Å². The number of quaternary nitrogens is 2. The lowest BCUT2D eigenvalue weighted by atomic mass is 9.56. The second kappa shape index (κ2) is 16.0. The molecule has 0 radical (unpaired) electrons. The van der Waals surface area contributed by atoms with Crippen LogP contribution < -0.4 is 16.4 Å². The normalized spacial score (nSPS) is 34.2. The first-order valence-electron chi connectivity index (χ1n) is 18.2. The number of carbonyl (C=O) groups excluding carboxylic acids is 3. The molecule has 2 aliphatic heterocycles. The number of unbranched alkanes of at least 4 members (excludes halogenated alkanes) is 1. The number of aliphatic hydroxyl groups is 1. The number of fused-ring (bicyclic) bond motifs is 2. The Morgan fingerprint density at radius 3 is 2.64 bits per heavy atom. The van der Waals surface area contributed by atoms with E-state index < -0.39 is 29.0 Å². The predicted octanol–water partition coefficient (Wildman–Crippen LogP) is 2.39. The first-order valence-corrected chi connectivity index (χ1v) is 18.2. The molecule has 9 nitrogen and oxygen atoms in total. The molecule has 2 aliphatic carbocycles. The number of ketones is 2. The van der Waals surface area contributed by atoms with E-state index in [9.17, 15) is 19.5 Å². The maximum Gasteiger partial charge on any atom is 0.350 e. The Morgan fingerprint density at radius 1 is 1.20 bits per heavy atom. The number of Topliss-reactive ketones (excluding diaryl/α,β-unsaturated/α-hetero) is 2. The third-order valence-corrected chi connectivity index (χ3v) is 11.4. The lowest BCUT2D eigenvalue weighted by Crippen LogP contribution is -2.94. The average molecular weight is 634 g/mol. The zero-order valence-corrected chi connectivity index (χ0v) is 28.8. The molecule has 9 heteroatoms. The zero-order valence-electron chi connectivity index (χ0n) is 28.8. The summed E-state index contributed by atoms with van der Waals surface area (Å²) in [4.78, 5) is 43.3. The van der Waals surface area contributed by atoms with E-state index in [4.69, 9.17) is 15.2 Å². The Labute approximate surface area is 271 Å². The molecule has 0 aromatic rings. The molecular weight excluding hydrogens is 570 g/mol. The van der Waals surface area contributed by atoms with Gasteiger partial charge in [-0.3, -0.25) is 15.3 Å². The van der Waals surface area contributed by atoms with Gasteiger partial charge in [0.1, 0.15) is 6.17 Å². The van der Waals surface area contributed by atoms with Crippen LogP contribution in [0.3, 0.4) is 0 Å². The molecular formula is C36H63N3O6+2. The second-order valence-electron chi connectivity index (χ2n) is 15.2. The van der Waals surface area contributed by atoms with E-state index in [1.165, 1.54) is 0 Å². The number of carbonyl (C=O) groups is 3. The molecule has 5 unspecified atom stereocenters. The molecule has 0 aromatic carbocycles. The van der Waals surface area contributed by atoms with Crippen molar-refractivity contribution in [2.24, 2.45) is 41.2 Å². The predicted molar refractivity (Wildman–Crippen MR) is 173 cm³/mol. The number of hydrogen-bond acceptors (Lipinski definition) is 7. The molecule has 2 saturated carbocycles. The zero-order chi connectivity index (χ0) is 32.8. The molecule has 0 spiro atoms. The van der Waals surface area contributed by atoms with E-state index >= 15 is 0 Å². The standard InChI is InChI=1S/C36H61N3O6/c1-6-8-10-26(20-38-7-2)22-44-34(43)36-33(42)31-27(17-23(3)4)11-9-12-29(31)32(41)35(36,45-36)19-28(21-40)24(5)13-14-25-15-16-39-30(37)18-25/h23,25-27,29-31,38-40H,6-22,37H2,1-5H3/p+2/t25?,26-,27?,29?,30?,31?,35+,36+/m1/s1. The summed E-state index contributed by atoms with van der Waals surface area (Å²) in [6.45, 7) is 13.3. The smallest absolute Gasteiger partial charge is 0.350 e. The highest BCUT2D eigenvalue weighted by atomic mass is 16.7. The number of esters is 1. The van der Waals surface area contributed by atoms with Gasteiger partial charge in [-0.1, -0.05) is 45.6 Å². The number of piperidine rings is 1. The topological polar surface area (TPSA) is 152 Å². The van der Waals surface area contributed by atoms with Crippen LogP contribution in [-0.4, -0.2) is 72.9 Å². The second-order valence-corrected chi connectivity index (χ2v) is 15.2. The molecule has 7 N–H and O–H groups in total. The van der Waals surface area contributed by atoms with Crippen LogP contribution in [0.5, 0.6) is 0 Å². The van der Waals surface area contributed by atoms with Gasteiger partial charge >= 0.3 is 5.97 Å². The number of ether oxygens (including phenoxy) is 2. The minimum atomic E-state index is -1.91. The van der Waals surface area contributed by atoms with Crippen molar-refractivity contribution in [3.05, 3.63) is 11.1 Å². The summed E-state index contributed by atoms with van der Waals surface area (Å²) in [5.41, 5.74) is 4.39.